The molecule has 7 heteroatoms. The van der Waals surface area contributed by atoms with Crippen molar-refractivity contribution in [3.63, 3.8) is 0 Å². The molecule has 0 bridgehead atoms. The van der Waals surface area contributed by atoms with E-state index in [4.69, 9.17) is 14.0 Å². The Morgan fingerprint density at radius 3 is 2.54 bits per heavy atom. The maximum Gasteiger partial charge on any atom is 0.337 e. The molecule has 134 valence electrons. The van der Waals surface area contributed by atoms with Crippen LogP contribution >= 0.6 is 0 Å². The molecule has 1 aromatic heterocycles. The first-order chi connectivity index (χ1) is 12.6. The number of benzene rings is 2. The fourth-order valence-electron chi connectivity index (χ4n) is 2.30. The van der Waals surface area contributed by atoms with Crippen molar-refractivity contribution in [3.05, 3.63) is 59.5 Å². The molecule has 26 heavy (non-hydrogen) atoms. The van der Waals surface area contributed by atoms with Gasteiger partial charge in [-0.25, -0.2) is 4.79 Å². The van der Waals surface area contributed by atoms with E-state index in [0.717, 1.165) is 11.1 Å². The largest absolute Gasteiger partial charge is 0.493 e. The second-order valence-electron chi connectivity index (χ2n) is 5.52. The van der Waals surface area contributed by atoms with E-state index in [2.05, 4.69) is 14.9 Å². The highest BCUT2D eigenvalue weighted by molar-refractivity contribution is 5.90. The SMILES string of the molecule is COC(=O)c1ccc(OCc2nc(-c3ccc(C)cc3)no2)c(OC)c1. The fourth-order valence-corrected chi connectivity index (χ4v) is 2.30. The lowest BCUT2D eigenvalue weighted by atomic mass is 10.1. The third-order valence-corrected chi connectivity index (χ3v) is 3.71. The Labute approximate surface area is 150 Å². The Morgan fingerprint density at radius 2 is 1.85 bits per heavy atom. The lowest BCUT2D eigenvalue weighted by molar-refractivity contribution is 0.0600. The van der Waals surface area contributed by atoms with Crippen molar-refractivity contribution < 1.29 is 23.5 Å². The number of hydrogen-bond donors (Lipinski definition) is 0. The molecule has 1 heterocycles. The number of ether oxygens (including phenoxy) is 3. The van der Waals surface area contributed by atoms with Crippen LogP contribution in [0, 0.1) is 6.92 Å². The van der Waals surface area contributed by atoms with Gasteiger partial charge in [0.25, 0.3) is 5.89 Å². The predicted octanol–water partition coefficient (Wildman–Crippen LogP) is 3.42. The van der Waals surface area contributed by atoms with Crippen molar-refractivity contribution in [1.82, 2.24) is 10.1 Å². The van der Waals surface area contributed by atoms with E-state index in [0.29, 0.717) is 28.8 Å². The minimum Gasteiger partial charge on any atom is -0.493 e. The van der Waals surface area contributed by atoms with Crippen molar-refractivity contribution in [2.75, 3.05) is 14.2 Å². The fraction of sp³-hybridized carbons (Fsp3) is 0.211. The Hall–Kier alpha value is -3.35. The van der Waals surface area contributed by atoms with Gasteiger partial charge in [0.15, 0.2) is 18.1 Å². The van der Waals surface area contributed by atoms with Crippen LogP contribution in [0.1, 0.15) is 21.8 Å². The van der Waals surface area contributed by atoms with Crippen LogP contribution in [0.4, 0.5) is 0 Å². The first-order valence-electron chi connectivity index (χ1n) is 7.89. The molecule has 2 aromatic carbocycles. The van der Waals surface area contributed by atoms with Crippen LogP contribution in [0.15, 0.2) is 47.0 Å². The molecule has 0 unspecified atom stereocenters. The van der Waals surface area contributed by atoms with Gasteiger partial charge in [-0.3, -0.25) is 0 Å². The average Bonchev–Trinajstić information content (AvgIpc) is 3.15. The summed E-state index contributed by atoms with van der Waals surface area (Å²) in [6.45, 7) is 2.09. The lowest BCUT2D eigenvalue weighted by Gasteiger charge is -2.10. The maximum absolute atomic E-state index is 11.6. The molecule has 0 saturated heterocycles. The van der Waals surface area contributed by atoms with Crippen LogP contribution in [-0.2, 0) is 11.3 Å². The smallest absolute Gasteiger partial charge is 0.337 e. The van der Waals surface area contributed by atoms with E-state index in [1.54, 1.807) is 18.2 Å². The van der Waals surface area contributed by atoms with Gasteiger partial charge < -0.3 is 18.7 Å². The molecule has 0 spiro atoms. The standard InChI is InChI=1S/C19H18N2O5/c1-12-4-6-13(7-5-12)18-20-17(26-21-18)11-25-15-9-8-14(19(22)24-3)10-16(15)23-2/h4-10H,11H2,1-3H3. The molecule has 0 N–H and O–H groups in total. The molecule has 0 amide bonds. The zero-order valence-electron chi connectivity index (χ0n) is 14.7. The summed E-state index contributed by atoms with van der Waals surface area (Å²) in [6.07, 6.45) is 0. The molecule has 0 aliphatic carbocycles. The van der Waals surface area contributed by atoms with Gasteiger partial charge in [-0.2, -0.15) is 4.98 Å². The number of methoxy groups -OCH3 is 2. The first-order valence-corrected chi connectivity index (χ1v) is 7.89. The first kappa shape index (κ1) is 17.5. The van der Waals surface area contributed by atoms with Crippen LogP contribution in [0.2, 0.25) is 0 Å². The van der Waals surface area contributed by atoms with Gasteiger partial charge in [-0.05, 0) is 25.1 Å². The second-order valence-corrected chi connectivity index (χ2v) is 5.52. The molecular weight excluding hydrogens is 336 g/mol. The Balaban J connectivity index is 1.71. The Morgan fingerprint density at radius 1 is 1.08 bits per heavy atom. The Kier molecular flexibility index (Phi) is 5.17. The van der Waals surface area contributed by atoms with Crippen molar-refractivity contribution in [2.45, 2.75) is 13.5 Å². The van der Waals surface area contributed by atoms with Crippen molar-refractivity contribution in [2.24, 2.45) is 0 Å². The number of esters is 1. The number of carbonyl (C=O) groups excluding carboxylic acids is 1. The van der Waals surface area contributed by atoms with E-state index in [1.807, 2.05) is 31.2 Å². The second kappa shape index (κ2) is 7.69. The zero-order valence-corrected chi connectivity index (χ0v) is 14.7. The summed E-state index contributed by atoms with van der Waals surface area (Å²) >= 11 is 0. The van der Waals surface area contributed by atoms with Gasteiger partial charge in [0.2, 0.25) is 5.82 Å². The van der Waals surface area contributed by atoms with Gasteiger partial charge in [0, 0.05) is 5.56 Å². The van der Waals surface area contributed by atoms with Crippen LogP contribution in [0.5, 0.6) is 11.5 Å². The quantitative estimate of drug-likeness (QED) is 0.627. The number of carbonyl (C=O) groups is 1. The Bertz CT molecular complexity index is 903. The minimum atomic E-state index is -0.450. The van der Waals surface area contributed by atoms with E-state index in [-0.39, 0.29) is 6.61 Å². The van der Waals surface area contributed by atoms with Crippen LogP contribution < -0.4 is 9.47 Å². The summed E-state index contributed by atoms with van der Waals surface area (Å²) in [5.74, 6) is 1.24. The maximum atomic E-state index is 11.6. The summed E-state index contributed by atoms with van der Waals surface area (Å²) in [5.41, 5.74) is 2.39. The monoisotopic (exact) mass is 354 g/mol. The number of nitrogens with zero attached hydrogens (tertiary/aromatic N) is 2. The van der Waals surface area contributed by atoms with Crippen molar-refractivity contribution >= 4 is 5.97 Å². The van der Waals surface area contributed by atoms with E-state index < -0.39 is 5.97 Å². The molecule has 0 fully saturated rings. The molecule has 7 nitrogen and oxygen atoms in total. The lowest BCUT2D eigenvalue weighted by Crippen LogP contribution is -2.03. The molecule has 0 aliphatic rings. The zero-order chi connectivity index (χ0) is 18.5. The molecule has 3 rings (SSSR count). The number of aromatic nitrogens is 2. The topological polar surface area (TPSA) is 83.7 Å². The van der Waals surface area contributed by atoms with E-state index in [9.17, 15) is 4.79 Å². The van der Waals surface area contributed by atoms with Crippen molar-refractivity contribution in [1.29, 1.82) is 0 Å². The van der Waals surface area contributed by atoms with Crippen LogP contribution in [0.25, 0.3) is 11.4 Å². The summed E-state index contributed by atoms with van der Waals surface area (Å²) < 4.78 is 20.8. The molecule has 0 radical (unpaired) electrons. The van der Waals surface area contributed by atoms with Gasteiger partial charge in [-0.1, -0.05) is 35.0 Å². The molecule has 0 saturated carbocycles. The molecule has 3 aromatic rings. The summed E-state index contributed by atoms with van der Waals surface area (Å²) in [5, 5.41) is 3.96. The molecular formula is C19H18N2O5. The van der Waals surface area contributed by atoms with Crippen molar-refractivity contribution in [3.8, 4) is 22.9 Å². The molecule has 0 aliphatic heterocycles. The van der Waals surface area contributed by atoms with E-state index in [1.165, 1.54) is 14.2 Å². The van der Waals surface area contributed by atoms with Gasteiger partial charge in [0.05, 0.1) is 19.8 Å². The van der Waals surface area contributed by atoms with Gasteiger partial charge in [0.1, 0.15) is 0 Å². The predicted molar refractivity (Wildman–Crippen MR) is 93.1 cm³/mol. The average molecular weight is 354 g/mol. The highest BCUT2D eigenvalue weighted by Crippen LogP contribution is 2.29. The normalized spacial score (nSPS) is 10.4. The summed E-state index contributed by atoms with van der Waals surface area (Å²) in [4.78, 5) is 15.9. The van der Waals surface area contributed by atoms with E-state index >= 15 is 0 Å². The highest BCUT2D eigenvalue weighted by atomic mass is 16.5. The number of rotatable bonds is 6. The van der Waals surface area contributed by atoms with Gasteiger partial charge in [-0.15, -0.1) is 0 Å². The number of aryl methyl sites for hydroxylation is 1. The van der Waals surface area contributed by atoms with Crippen LogP contribution in [0.3, 0.4) is 0 Å². The highest BCUT2D eigenvalue weighted by Gasteiger charge is 2.13. The van der Waals surface area contributed by atoms with Crippen LogP contribution in [-0.4, -0.2) is 30.3 Å². The van der Waals surface area contributed by atoms with Gasteiger partial charge >= 0.3 is 5.97 Å². The summed E-state index contributed by atoms with van der Waals surface area (Å²) in [6, 6.07) is 12.6. The third kappa shape index (κ3) is 3.83. The summed E-state index contributed by atoms with van der Waals surface area (Å²) in [7, 11) is 2.81. The molecule has 0 atom stereocenters. The number of hydrogen-bond acceptors (Lipinski definition) is 7. The minimum absolute atomic E-state index is 0.0762. The third-order valence-electron chi connectivity index (χ3n) is 3.71.